The van der Waals surface area contributed by atoms with E-state index in [0.717, 1.165) is 24.3 Å². The van der Waals surface area contributed by atoms with E-state index in [0.29, 0.717) is 11.1 Å². The molecule has 2 nitrogen and oxygen atoms in total. The second kappa shape index (κ2) is 6.69. The molecule has 1 N–H and O–H groups in total. The Bertz CT molecular complexity index is 405. The van der Waals surface area contributed by atoms with E-state index in [1.807, 2.05) is 24.3 Å². The van der Waals surface area contributed by atoms with Gasteiger partial charge in [0, 0.05) is 16.0 Å². The lowest BCUT2D eigenvalue weighted by Crippen LogP contribution is -2.44. The molecule has 1 aromatic rings. The summed E-state index contributed by atoms with van der Waals surface area (Å²) in [6, 6.07) is 7.80. The molecule has 1 fully saturated rings. The third-order valence-electron chi connectivity index (χ3n) is 3.49. The summed E-state index contributed by atoms with van der Waals surface area (Å²) in [5.41, 5.74) is 0. The van der Waals surface area contributed by atoms with Crippen molar-refractivity contribution in [1.29, 1.82) is 0 Å². The van der Waals surface area contributed by atoms with E-state index >= 15 is 0 Å². The molecule has 0 saturated heterocycles. The van der Waals surface area contributed by atoms with Crippen LogP contribution in [0.25, 0.3) is 0 Å². The van der Waals surface area contributed by atoms with Crippen molar-refractivity contribution in [1.82, 2.24) is 5.32 Å². The molecule has 0 bridgehead atoms. The summed E-state index contributed by atoms with van der Waals surface area (Å²) >= 11 is 5.87. The van der Waals surface area contributed by atoms with Crippen LogP contribution in [0.15, 0.2) is 29.2 Å². The first kappa shape index (κ1) is 14.0. The van der Waals surface area contributed by atoms with Crippen LogP contribution < -0.4 is 5.32 Å². The van der Waals surface area contributed by atoms with Gasteiger partial charge in [0.15, 0.2) is 0 Å². The van der Waals surface area contributed by atoms with Crippen molar-refractivity contribution < 1.29 is 4.21 Å². The van der Waals surface area contributed by atoms with Crippen molar-refractivity contribution in [3.8, 4) is 0 Å². The van der Waals surface area contributed by atoms with Crippen molar-refractivity contribution in [2.24, 2.45) is 0 Å². The van der Waals surface area contributed by atoms with Crippen molar-refractivity contribution in [2.45, 2.75) is 48.8 Å². The van der Waals surface area contributed by atoms with Crippen LogP contribution in [0.1, 0.15) is 32.6 Å². The lowest BCUT2D eigenvalue weighted by Gasteiger charge is -2.31. The first-order valence-electron chi connectivity index (χ1n) is 6.62. The van der Waals surface area contributed by atoms with Gasteiger partial charge in [-0.05, 0) is 43.7 Å². The zero-order valence-corrected chi connectivity index (χ0v) is 12.3. The Balaban J connectivity index is 2.12. The molecule has 0 radical (unpaired) electrons. The van der Waals surface area contributed by atoms with Crippen LogP contribution in [0.3, 0.4) is 0 Å². The summed E-state index contributed by atoms with van der Waals surface area (Å²) in [4.78, 5) is 0.897. The first-order valence-corrected chi connectivity index (χ1v) is 8.21. The van der Waals surface area contributed by atoms with Crippen molar-refractivity contribution in [3.63, 3.8) is 0 Å². The second-order valence-electron chi connectivity index (χ2n) is 4.74. The molecule has 2 rings (SSSR count). The predicted octanol–water partition coefficient (Wildman–Crippen LogP) is 3.37. The van der Waals surface area contributed by atoms with Gasteiger partial charge in [-0.15, -0.1) is 0 Å². The Hall–Kier alpha value is -0.380. The van der Waals surface area contributed by atoms with E-state index in [1.165, 1.54) is 12.8 Å². The molecule has 0 aliphatic heterocycles. The summed E-state index contributed by atoms with van der Waals surface area (Å²) in [7, 11) is -0.931. The topological polar surface area (TPSA) is 29.1 Å². The van der Waals surface area contributed by atoms with E-state index < -0.39 is 10.8 Å². The summed E-state index contributed by atoms with van der Waals surface area (Å²) in [5, 5.41) is 4.41. The van der Waals surface area contributed by atoms with Crippen LogP contribution in [0, 0.1) is 0 Å². The molecule has 1 aromatic carbocycles. The minimum atomic E-state index is -0.931. The van der Waals surface area contributed by atoms with Crippen LogP contribution in [-0.2, 0) is 10.8 Å². The van der Waals surface area contributed by atoms with Crippen LogP contribution in [0.4, 0.5) is 0 Å². The number of rotatable bonds is 4. The number of nitrogens with one attached hydrogen (secondary N) is 1. The molecule has 3 unspecified atom stereocenters. The standard InChI is InChI=1S/C14H20ClNOS/c1-2-16-13-5-3-4-6-14(13)18(17)12-9-7-11(15)8-10-12/h7-10,13-14,16H,2-6H2,1H3. The lowest BCUT2D eigenvalue weighted by molar-refractivity contribution is 0.385. The molecule has 4 heteroatoms. The van der Waals surface area contributed by atoms with E-state index in [2.05, 4.69) is 12.2 Å². The van der Waals surface area contributed by atoms with Crippen LogP contribution in [0.2, 0.25) is 5.02 Å². The Kier molecular flexibility index (Phi) is 5.22. The minimum absolute atomic E-state index is 0.236. The molecule has 0 aromatic heterocycles. The average Bonchev–Trinajstić information content (AvgIpc) is 2.40. The summed E-state index contributed by atoms with van der Waals surface area (Å²) in [6.45, 7) is 3.05. The minimum Gasteiger partial charge on any atom is -0.313 e. The third kappa shape index (κ3) is 3.34. The summed E-state index contributed by atoms with van der Waals surface area (Å²) in [6.07, 6.45) is 4.61. The highest BCUT2D eigenvalue weighted by atomic mass is 35.5. The molecule has 0 heterocycles. The Morgan fingerprint density at radius 1 is 1.28 bits per heavy atom. The normalized spacial score (nSPS) is 25.9. The number of hydrogen-bond acceptors (Lipinski definition) is 2. The van der Waals surface area contributed by atoms with Crippen LogP contribution in [-0.4, -0.2) is 22.0 Å². The zero-order chi connectivity index (χ0) is 13.0. The fourth-order valence-electron chi connectivity index (χ4n) is 2.59. The van der Waals surface area contributed by atoms with Gasteiger partial charge in [0.2, 0.25) is 0 Å². The number of hydrogen-bond donors (Lipinski definition) is 1. The molecule has 0 spiro atoms. The lowest BCUT2D eigenvalue weighted by atomic mass is 9.95. The van der Waals surface area contributed by atoms with Gasteiger partial charge in [-0.25, -0.2) is 0 Å². The average molecular weight is 286 g/mol. The monoisotopic (exact) mass is 285 g/mol. The predicted molar refractivity (Wildman–Crippen MR) is 77.6 cm³/mol. The maximum atomic E-state index is 12.6. The molecule has 1 aliphatic rings. The van der Waals surface area contributed by atoms with E-state index in [4.69, 9.17) is 11.6 Å². The molecular weight excluding hydrogens is 266 g/mol. The summed E-state index contributed by atoms with van der Waals surface area (Å²) < 4.78 is 12.6. The van der Waals surface area contributed by atoms with Gasteiger partial charge in [-0.3, -0.25) is 4.21 Å². The summed E-state index contributed by atoms with van der Waals surface area (Å²) in [5.74, 6) is 0. The molecular formula is C14H20ClNOS. The zero-order valence-electron chi connectivity index (χ0n) is 10.7. The number of benzene rings is 1. The highest BCUT2D eigenvalue weighted by Crippen LogP contribution is 2.27. The smallest absolute Gasteiger partial charge is 0.0576 e. The quantitative estimate of drug-likeness (QED) is 0.919. The Morgan fingerprint density at radius 2 is 1.94 bits per heavy atom. The van der Waals surface area contributed by atoms with Crippen molar-refractivity contribution in [2.75, 3.05) is 6.54 Å². The molecule has 1 saturated carbocycles. The number of halogens is 1. The highest BCUT2D eigenvalue weighted by Gasteiger charge is 2.29. The fraction of sp³-hybridized carbons (Fsp3) is 0.571. The third-order valence-corrected chi connectivity index (χ3v) is 5.59. The van der Waals surface area contributed by atoms with Gasteiger partial charge in [-0.1, -0.05) is 31.4 Å². The van der Waals surface area contributed by atoms with Crippen LogP contribution in [0.5, 0.6) is 0 Å². The Morgan fingerprint density at radius 3 is 2.61 bits per heavy atom. The largest absolute Gasteiger partial charge is 0.313 e. The maximum absolute atomic E-state index is 12.6. The van der Waals surface area contributed by atoms with Gasteiger partial charge in [0.1, 0.15) is 0 Å². The van der Waals surface area contributed by atoms with Gasteiger partial charge >= 0.3 is 0 Å². The van der Waals surface area contributed by atoms with Crippen molar-refractivity contribution >= 4 is 22.4 Å². The SMILES string of the molecule is CCNC1CCCCC1S(=O)c1ccc(Cl)cc1. The van der Waals surface area contributed by atoms with Gasteiger partial charge in [0.05, 0.1) is 16.0 Å². The second-order valence-corrected chi connectivity index (χ2v) is 6.85. The molecule has 1 aliphatic carbocycles. The highest BCUT2D eigenvalue weighted by molar-refractivity contribution is 7.85. The van der Waals surface area contributed by atoms with Crippen LogP contribution >= 0.6 is 11.6 Å². The first-order chi connectivity index (χ1) is 8.72. The fourth-order valence-corrected chi connectivity index (χ4v) is 4.38. The molecule has 0 amide bonds. The van der Waals surface area contributed by atoms with Crippen molar-refractivity contribution in [3.05, 3.63) is 29.3 Å². The molecule has 3 atom stereocenters. The Labute approximate surface area is 117 Å². The van der Waals surface area contributed by atoms with Gasteiger partial charge in [0.25, 0.3) is 0 Å². The molecule has 100 valence electrons. The maximum Gasteiger partial charge on any atom is 0.0576 e. The van der Waals surface area contributed by atoms with Gasteiger partial charge in [-0.2, -0.15) is 0 Å². The van der Waals surface area contributed by atoms with E-state index in [1.54, 1.807) is 0 Å². The molecule has 18 heavy (non-hydrogen) atoms. The van der Waals surface area contributed by atoms with E-state index in [9.17, 15) is 4.21 Å². The van der Waals surface area contributed by atoms with E-state index in [-0.39, 0.29) is 5.25 Å². The van der Waals surface area contributed by atoms with Gasteiger partial charge < -0.3 is 5.32 Å².